The van der Waals surface area contributed by atoms with Crippen molar-refractivity contribution in [1.29, 1.82) is 0 Å². The summed E-state index contributed by atoms with van der Waals surface area (Å²) in [6, 6.07) is 4.28. The molecule has 1 fully saturated rings. The van der Waals surface area contributed by atoms with E-state index in [2.05, 4.69) is 16.4 Å². The highest BCUT2D eigenvalue weighted by atomic mass is 14.9. The first-order valence-corrected chi connectivity index (χ1v) is 4.97. The van der Waals surface area contributed by atoms with E-state index in [1.54, 1.807) is 0 Å². The van der Waals surface area contributed by atoms with Crippen LogP contribution >= 0.6 is 0 Å². The number of piperidine rings is 1. The van der Waals surface area contributed by atoms with Crippen LogP contribution in [0.2, 0.25) is 0 Å². The van der Waals surface area contributed by atoms with Crippen molar-refractivity contribution in [2.45, 2.75) is 18.9 Å². The summed E-state index contributed by atoms with van der Waals surface area (Å²) in [4.78, 5) is 3.19. The third-order valence-corrected chi connectivity index (χ3v) is 2.87. The van der Waals surface area contributed by atoms with E-state index in [-0.39, 0.29) is 6.04 Å². The number of aromatic nitrogens is 1. The molecule has 0 aliphatic carbocycles. The number of nitrogens with one attached hydrogen (secondary N) is 2. The van der Waals surface area contributed by atoms with Crippen LogP contribution in [0.15, 0.2) is 18.3 Å². The maximum atomic E-state index is 6.16. The van der Waals surface area contributed by atoms with Crippen LogP contribution in [0.3, 0.4) is 0 Å². The summed E-state index contributed by atoms with van der Waals surface area (Å²) in [5.41, 5.74) is 7.33. The van der Waals surface area contributed by atoms with E-state index in [4.69, 9.17) is 5.73 Å². The van der Waals surface area contributed by atoms with Crippen LogP contribution in [0.4, 0.5) is 0 Å². The molecule has 1 aromatic rings. The molecule has 0 aromatic carbocycles. The standard InChI is InChI=1S/C10H17N3/c11-10(9-2-1-5-13-9)8-3-6-12-7-4-8/h1-2,5,8,10,12-13H,3-4,6-7,11H2. The largest absolute Gasteiger partial charge is 0.364 e. The number of hydrogen-bond donors (Lipinski definition) is 3. The molecule has 1 unspecified atom stereocenters. The van der Waals surface area contributed by atoms with Crippen LogP contribution < -0.4 is 11.1 Å². The summed E-state index contributed by atoms with van der Waals surface area (Å²) in [7, 11) is 0. The molecule has 4 N–H and O–H groups in total. The topological polar surface area (TPSA) is 53.8 Å². The molecule has 0 saturated carbocycles. The lowest BCUT2D eigenvalue weighted by molar-refractivity contribution is 0.319. The molecule has 1 aliphatic rings. The summed E-state index contributed by atoms with van der Waals surface area (Å²) in [5, 5.41) is 3.35. The molecule has 0 bridgehead atoms. The van der Waals surface area contributed by atoms with Crippen molar-refractivity contribution in [3.63, 3.8) is 0 Å². The SMILES string of the molecule is NC(c1ccc[nH]1)C1CCNCC1. The zero-order chi connectivity index (χ0) is 9.10. The van der Waals surface area contributed by atoms with E-state index in [0.29, 0.717) is 5.92 Å². The van der Waals surface area contributed by atoms with Crippen LogP contribution in [-0.4, -0.2) is 18.1 Å². The quantitative estimate of drug-likeness (QED) is 0.634. The van der Waals surface area contributed by atoms with Crippen molar-refractivity contribution in [2.75, 3.05) is 13.1 Å². The van der Waals surface area contributed by atoms with E-state index in [1.165, 1.54) is 18.5 Å². The Labute approximate surface area is 78.7 Å². The van der Waals surface area contributed by atoms with Crippen LogP contribution in [0.5, 0.6) is 0 Å². The van der Waals surface area contributed by atoms with Gasteiger partial charge in [0.25, 0.3) is 0 Å². The number of aromatic amines is 1. The van der Waals surface area contributed by atoms with Crippen molar-refractivity contribution in [3.8, 4) is 0 Å². The van der Waals surface area contributed by atoms with Crippen LogP contribution in [0, 0.1) is 5.92 Å². The molecule has 0 spiro atoms. The third kappa shape index (κ3) is 1.92. The van der Waals surface area contributed by atoms with Crippen molar-refractivity contribution in [3.05, 3.63) is 24.0 Å². The van der Waals surface area contributed by atoms with E-state index in [9.17, 15) is 0 Å². The Morgan fingerprint density at radius 2 is 2.15 bits per heavy atom. The van der Waals surface area contributed by atoms with Gasteiger partial charge >= 0.3 is 0 Å². The zero-order valence-electron chi connectivity index (χ0n) is 7.79. The molecule has 3 nitrogen and oxygen atoms in total. The van der Waals surface area contributed by atoms with E-state index < -0.39 is 0 Å². The molecule has 1 aliphatic heterocycles. The molecule has 1 atom stereocenters. The lowest BCUT2D eigenvalue weighted by Gasteiger charge is -2.27. The minimum atomic E-state index is 0.192. The predicted molar refractivity (Wildman–Crippen MR) is 53.3 cm³/mol. The van der Waals surface area contributed by atoms with Crippen molar-refractivity contribution in [2.24, 2.45) is 11.7 Å². The molecule has 0 radical (unpaired) electrons. The molecule has 2 rings (SSSR count). The molecular weight excluding hydrogens is 162 g/mol. The van der Waals surface area contributed by atoms with Gasteiger partial charge in [-0.1, -0.05) is 0 Å². The first-order chi connectivity index (χ1) is 6.38. The number of H-pyrrole nitrogens is 1. The Balaban J connectivity index is 1.99. The fourth-order valence-corrected chi connectivity index (χ4v) is 2.01. The molecule has 2 heterocycles. The summed E-state index contributed by atoms with van der Waals surface area (Å²) < 4.78 is 0. The molecule has 1 saturated heterocycles. The lowest BCUT2D eigenvalue weighted by Crippen LogP contribution is -2.33. The van der Waals surface area contributed by atoms with E-state index in [1.807, 2.05) is 12.3 Å². The third-order valence-electron chi connectivity index (χ3n) is 2.87. The minimum absolute atomic E-state index is 0.192. The van der Waals surface area contributed by atoms with Gasteiger partial charge in [-0.2, -0.15) is 0 Å². The number of nitrogens with two attached hydrogens (primary N) is 1. The summed E-state index contributed by atoms with van der Waals surface area (Å²) >= 11 is 0. The van der Waals surface area contributed by atoms with Crippen molar-refractivity contribution in [1.82, 2.24) is 10.3 Å². The summed E-state index contributed by atoms with van der Waals surface area (Å²) in [6.07, 6.45) is 4.33. The van der Waals surface area contributed by atoms with Gasteiger partial charge in [0.15, 0.2) is 0 Å². The average molecular weight is 179 g/mol. The van der Waals surface area contributed by atoms with Gasteiger partial charge in [0.2, 0.25) is 0 Å². The van der Waals surface area contributed by atoms with Gasteiger partial charge in [-0.3, -0.25) is 0 Å². The Bertz CT molecular complexity index is 237. The van der Waals surface area contributed by atoms with Crippen LogP contribution in [0.1, 0.15) is 24.6 Å². The second kappa shape index (κ2) is 3.94. The van der Waals surface area contributed by atoms with Gasteiger partial charge in [0.1, 0.15) is 0 Å². The van der Waals surface area contributed by atoms with E-state index in [0.717, 1.165) is 13.1 Å². The first-order valence-electron chi connectivity index (χ1n) is 4.97. The average Bonchev–Trinajstić information content (AvgIpc) is 2.71. The Morgan fingerprint density at radius 3 is 2.77 bits per heavy atom. The Kier molecular flexibility index (Phi) is 2.66. The first kappa shape index (κ1) is 8.78. The van der Waals surface area contributed by atoms with Crippen LogP contribution in [0.25, 0.3) is 0 Å². The van der Waals surface area contributed by atoms with Crippen LogP contribution in [-0.2, 0) is 0 Å². The molecule has 13 heavy (non-hydrogen) atoms. The van der Waals surface area contributed by atoms with Gasteiger partial charge in [0.05, 0.1) is 0 Å². The highest BCUT2D eigenvalue weighted by Gasteiger charge is 2.21. The fourth-order valence-electron chi connectivity index (χ4n) is 2.01. The van der Waals surface area contributed by atoms with E-state index >= 15 is 0 Å². The molecule has 0 amide bonds. The van der Waals surface area contributed by atoms with Gasteiger partial charge in [-0.15, -0.1) is 0 Å². The second-order valence-corrected chi connectivity index (χ2v) is 3.74. The smallest absolute Gasteiger partial charge is 0.0477 e. The van der Waals surface area contributed by atoms with Gasteiger partial charge in [-0.25, -0.2) is 0 Å². The van der Waals surface area contributed by atoms with Crippen molar-refractivity contribution < 1.29 is 0 Å². The molecule has 1 aromatic heterocycles. The predicted octanol–water partition coefficient (Wildman–Crippen LogP) is 1.01. The normalized spacial score (nSPS) is 21.6. The maximum Gasteiger partial charge on any atom is 0.0477 e. The highest BCUT2D eigenvalue weighted by molar-refractivity contribution is 5.09. The molecule has 72 valence electrons. The number of hydrogen-bond acceptors (Lipinski definition) is 2. The van der Waals surface area contributed by atoms with Gasteiger partial charge in [0, 0.05) is 17.9 Å². The fraction of sp³-hybridized carbons (Fsp3) is 0.600. The van der Waals surface area contributed by atoms with Gasteiger partial charge < -0.3 is 16.0 Å². The zero-order valence-corrected chi connectivity index (χ0v) is 7.79. The van der Waals surface area contributed by atoms with Gasteiger partial charge in [-0.05, 0) is 44.0 Å². The van der Waals surface area contributed by atoms with Crippen molar-refractivity contribution >= 4 is 0 Å². The molecular formula is C10H17N3. The number of rotatable bonds is 2. The second-order valence-electron chi connectivity index (χ2n) is 3.74. The highest BCUT2D eigenvalue weighted by Crippen LogP contribution is 2.25. The Hall–Kier alpha value is -0.800. The maximum absolute atomic E-state index is 6.16. The molecule has 3 heteroatoms. The monoisotopic (exact) mass is 179 g/mol. The summed E-state index contributed by atoms with van der Waals surface area (Å²) in [5.74, 6) is 0.639. The minimum Gasteiger partial charge on any atom is -0.364 e. The summed E-state index contributed by atoms with van der Waals surface area (Å²) in [6.45, 7) is 2.22. The lowest BCUT2D eigenvalue weighted by atomic mass is 9.89. The Morgan fingerprint density at radius 1 is 1.38 bits per heavy atom.